The van der Waals surface area contributed by atoms with Crippen molar-refractivity contribution in [1.82, 2.24) is 9.78 Å². The van der Waals surface area contributed by atoms with E-state index in [0.29, 0.717) is 11.7 Å². The maximum Gasteiger partial charge on any atom is 0.136 e. The number of nitrogens with zero attached hydrogens (tertiary/aromatic N) is 2. The lowest BCUT2D eigenvalue weighted by molar-refractivity contribution is -0.126. The number of aromatic nitrogens is 2. The van der Waals surface area contributed by atoms with Gasteiger partial charge < -0.3 is 0 Å². The summed E-state index contributed by atoms with van der Waals surface area (Å²) in [7, 11) is 1.93. The number of Topliss-reactive ketones (excluding diaryl/α,β-unsaturated/α-hetero) is 1. The summed E-state index contributed by atoms with van der Waals surface area (Å²) in [6.45, 7) is 4.55. The van der Waals surface area contributed by atoms with Crippen LogP contribution in [-0.2, 0) is 18.3 Å². The van der Waals surface area contributed by atoms with Gasteiger partial charge in [-0.15, -0.1) is 0 Å². The van der Waals surface area contributed by atoms with E-state index in [0.717, 1.165) is 38.0 Å². The number of aryl methyl sites for hydroxylation is 2. The zero-order valence-electron chi connectivity index (χ0n) is 11.7. The minimum Gasteiger partial charge on any atom is -0.299 e. The fraction of sp³-hybridized carbons (Fsp3) is 0.733. The van der Waals surface area contributed by atoms with Crippen LogP contribution in [0.5, 0.6) is 0 Å². The molecule has 0 aliphatic heterocycles. The Labute approximate surface area is 110 Å². The van der Waals surface area contributed by atoms with Crippen molar-refractivity contribution in [3.63, 3.8) is 0 Å². The first kappa shape index (κ1) is 13.3. The van der Waals surface area contributed by atoms with Gasteiger partial charge >= 0.3 is 0 Å². The fourth-order valence-corrected chi connectivity index (χ4v) is 2.97. The monoisotopic (exact) mass is 248 g/mol. The van der Waals surface area contributed by atoms with Gasteiger partial charge in [-0.25, -0.2) is 0 Å². The van der Waals surface area contributed by atoms with Crippen LogP contribution >= 0.6 is 0 Å². The van der Waals surface area contributed by atoms with Gasteiger partial charge in [0.2, 0.25) is 0 Å². The molecule has 2 rings (SSSR count). The van der Waals surface area contributed by atoms with Crippen LogP contribution < -0.4 is 0 Å². The largest absolute Gasteiger partial charge is 0.299 e. The van der Waals surface area contributed by atoms with Gasteiger partial charge in [-0.2, -0.15) is 5.10 Å². The van der Waals surface area contributed by atoms with Crippen LogP contribution in [0.25, 0.3) is 0 Å². The summed E-state index contributed by atoms with van der Waals surface area (Å²) in [5.41, 5.74) is 1.25. The van der Waals surface area contributed by atoms with Gasteiger partial charge in [-0.3, -0.25) is 9.48 Å². The van der Waals surface area contributed by atoms with E-state index < -0.39 is 0 Å². The van der Waals surface area contributed by atoms with Gasteiger partial charge in [0.25, 0.3) is 0 Å². The predicted octanol–water partition coefficient (Wildman–Crippen LogP) is 2.99. The van der Waals surface area contributed by atoms with Crippen molar-refractivity contribution in [3.8, 4) is 0 Å². The van der Waals surface area contributed by atoms with Crippen molar-refractivity contribution >= 4 is 5.78 Å². The molecule has 2 atom stereocenters. The summed E-state index contributed by atoms with van der Waals surface area (Å²) in [6.07, 6.45) is 8.92. The van der Waals surface area contributed by atoms with Crippen molar-refractivity contribution in [2.24, 2.45) is 24.8 Å². The summed E-state index contributed by atoms with van der Waals surface area (Å²) in [5.74, 6) is 2.21. The van der Waals surface area contributed by atoms with Crippen molar-refractivity contribution in [3.05, 3.63) is 18.0 Å². The summed E-state index contributed by atoms with van der Waals surface area (Å²) in [6, 6.07) is 0. The number of ketones is 1. The molecule has 0 aromatic carbocycles. The fourth-order valence-electron chi connectivity index (χ4n) is 2.97. The van der Waals surface area contributed by atoms with E-state index >= 15 is 0 Å². The molecule has 1 saturated carbocycles. The molecule has 0 spiro atoms. The smallest absolute Gasteiger partial charge is 0.136 e. The maximum atomic E-state index is 12.0. The molecule has 1 aromatic rings. The minimum atomic E-state index is 0.284. The van der Waals surface area contributed by atoms with E-state index in [2.05, 4.69) is 18.9 Å². The van der Waals surface area contributed by atoms with E-state index in [1.807, 2.05) is 24.1 Å². The number of carbonyl (C=O) groups excluding carboxylic acids is 1. The number of hydrogen-bond donors (Lipinski definition) is 0. The highest BCUT2D eigenvalue weighted by molar-refractivity contribution is 5.81. The number of carbonyl (C=O) groups is 1. The molecular formula is C15H24N2O. The van der Waals surface area contributed by atoms with Crippen molar-refractivity contribution < 1.29 is 4.79 Å². The second kappa shape index (κ2) is 5.68. The first-order valence-corrected chi connectivity index (χ1v) is 7.06. The molecule has 100 valence electrons. The minimum absolute atomic E-state index is 0.284. The zero-order chi connectivity index (χ0) is 13.1. The van der Waals surface area contributed by atoms with Crippen LogP contribution in [0.4, 0.5) is 0 Å². The molecule has 18 heavy (non-hydrogen) atoms. The lowest BCUT2D eigenvalue weighted by atomic mass is 9.74. The molecule has 1 aromatic heterocycles. The topological polar surface area (TPSA) is 34.9 Å². The number of rotatable bonds is 4. The van der Waals surface area contributed by atoms with Gasteiger partial charge in [-0.1, -0.05) is 13.8 Å². The Morgan fingerprint density at radius 1 is 1.50 bits per heavy atom. The lowest BCUT2D eigenvalue weighted by Gasteiger charge is -2.30. The first-order valence-electron chi connectivity index (χ1n) is 7.06. The SMILES string of the molecule is CC(C)C1CCC(=O)C(CCc2cnn(C)c2)C1. The Balaban J connectivity index is 1.88. The third kappa shape index (κ3) is 3.21. The summed E-state index contributed by atoms with van der Waals surface area (Å²) < 4.78 is 1.83. The van der Waals surface area contributed by atoms with E-state index in [-0.39, 0.29) is 5.92 Å². The Kier molecular flexibility index (Phi) is 4.20. The van der Waals surface area contributed by atoms with Crippen molar-refractivity contribution in [1.29, 1.82) is 0 Å². The van der Waals surface area contributed by atoms with Gasteiger partial charge in [0.1, 0.15) is 5.78 Å². The third-order valence-corrected chi connectivity index (χ3v) is 4.29. The van der Waals surface area contributed by atoms with Crippen LogP contribution in [0, 0.1) is 17.8 Å². The van der Waals surface area contributed by atoms with Crippen LogP contribution in [0.15, 0.2) is 12.4 Å². The third-order valence-electron chi connectivity index (χ3n) is 4.29. The molecule has 3 nitrogen and oxygen atoms in total. The van der Waals surface area contributed by atoms with Crippen LogP contribution in [-0.4, -0.2) is 15.6 Å². The van der Waals surface area contributed by atoms with E-state index in [9.17, 15) is 4.79 Å². The molecule has 1 fully saturated rings. The number of hydrogen-bond acceptors (Lipinski definition) is 2. The van der Waals surface area contributed by atoms with E-state index in [4.69, 9.17) is 0 Å². The second-order valence-corrected chi connectivity index (χ2v) is 6.00. The molecule has 1 aliphatic carbocycles. The highest BCUT2D eigenvalue weighted by Gasteiger charge is 2.29. The Morgan fingerprint density at radius 2 is 2.28 bits per heavy atom. The highest BCUT2D eigenvalue weighted by Crippen LogP contribution is 2.33. The Morgan fingerprint density at radius 3 is 2.89 bits per heavy atom. The van der Waals surface area contributed by atoms with Crippen LogP contribution in [0.1, 0.15) is 45.1 Å². The van der Waals surface area contributed by atoms with Gasteiger partial charge in [0.15, 0.2) is 0 Å². The quantitative estimate of drug-likeness (QED) is 0.821. The maximum absolute atomic E-state index is 12.0. The summed E-state index contributed by atoms with van der Waals surface area (Å²) in [4.78, 5) is 12.0. The van der Waals surface area contributed by atoms with Gasteiger partial charge in [0.05, 0.1) is 6.20 Å². The molecule has 1 aliphatic rings. The zero-order valence-corrected chi connectivity index (χ0v) is 11.7. The molecule has 0 radical (unpaired) electrons. The molecular weight excluding hydrogens is 224 g/mol. The molecule has 3 heteroatoms. The van der Waals surface area contributed by atoms with E-state index in [1.165, 1.54) is 5.56 Å². The van der Waals surface area contributed by atoms with E-state index in [1.54, 1.807) is 0 Å². The second-order valence-electron chi connectivity index (χ2n) is 6.00. The van der Waals surface area contributed by atoms with Crippen LogP contribution in [0.2, 0.25) is 0 Å². The standard InChI is InChI=1S/C15H24N2O/c1-11(2)13-6-7-15(18)14(8-13)5-4-12-9-16-17(3)10-12/h9-11,13-14H,4-8H2,1-3H3. The molecule has 0 bridgehead atoms. The average Bonchev–Trinajstić information content (AvgIpc) is 2.74. The Hall–Kier alpha value is -1.12. The molecule has 0 amide bonds. The normalized spacial score (nSPS) is 24.8. The summed E-state index contributed by atoms with van der Waals surface area (Å²) in [5, 5.41) is 4.17. The first-order chi connectivity index (χ1) is 8.56. The summed E-state index contributed by atoms with van der Waals surface area (Å²) >= 11 is 0. The molecule has 2 unspecified atom stereocenters. The molecule has 0 N–H and O–H groups in total. The van der Waals surface area contributed by atoms with Crippen LogP contribution in [0.3, 0.4) is 0 Å². The van der Waals surface area contributed by atoms with Gasteiger partial charge in [-0.05, 0) is 43.1 Å². The highest BCUT2D eigenvalue weighted by atomic mass is 16.1. The lowest BCUT2D eigenvalue weighted by Crippen LogP contribution is -2.27. The van der Waals surface area contributed by atoms with Crippen molar-refractivity contribution in [2.45, 2.75) is 46.0 Å². The predicted molar refractivity (Wildman–Crippen MR) is 72.2 cm³/mol. The molecule has 1 heterocycles. The molecule has 0 saturated heterocycles. The van der Waals surface area contributed by atoms with Gasteiger partial charge in [0, 0.05) is 25.6 Å². The van der Waals surface area contributed by atoms with Crippen molar-refractivity contribution in [2.75, 3.05) is 0 Å². The Bertz CT molecular complexity index is 408. The average molecular weight is 248 g/mol.